The number of urea groups is 1. The number of hydrogen-bond donors (Lipinski definition) is 3. The topological polar surface area (TPSA) is 76.4 Å². The molecule has 4 unspecified atom stereocenters. The van der Waals surface area contributed by atoms with E-state index in [1.807, 2.05) is 0 Å². The van der Waals surface area contributed by atoms with Crippen LogP contribution in [0.5, 0.6) is 0 Å². The van der Waals surface area contributed by atoms with E-state index < -0.39 is 0 Å². The zero-order chi connectivity index (χ0) is 12.3. The first kappa shape index (κ1) is 12.6. The Bertz CT molecular complexity index is 272. The minimum absolute atomic E-state index is 0.0121. The predicted octanol–water partition coefficient (Wildman–Crippen LogP) is 0.590. The monoisotopic (exact) mass is 241 g/mol. The smallest absolute Gasteiger partial charge is 0.315 e. The number of ether oxygens (including phenoxy) is 1. The highest BCUT2D eigenvalue weighted by Crippen LogP contribution is 2.36. The number of carbonyl (C=O) groups is 1. The van der Waals surface area contributed by atoms with Crippen molar-refractivity contribution in [1.82, 2.24) is 10.6 Å². The quantitative estimate of drug-likeness (QED) is 0.630. The van der Waals surface area contributed by atoms with Gasteiger partial charge in [-0.2, -0.15) is 0 Å². The van der Waals surface area contributed by atoms with Crippen LogP contribution in [-0.4, -0.2) is 37.4 Å². The first-order valence-electron chi connectivity index (χ1n) is 6.65. The van der Waals surface area contributed by atoms with Crippen LogP contribution in [0.25, 0.3) is 0 Å². The summed E-state index contributed by atoms with van der Waals surface area (Å²) in [6.07, 6.45) is 4.44. The van der Waals surface area contributed by atoms with E-state index >= 15 is 0 Å². The Morgan fingerprint density at radius 3 is 3.12 bits per heavy atom. The molecule has 0 aromatic rings. The van der Waals surface area contributed by atoms with E-state index in [4.69, 9.17) is 10.5 Å². The van der Waals surface area contributed by atoms with Gasteiger partial charge in [-0.25, -0.2) is 4.79 Å². The first-order chi connectivity index (χ1) is 8.24. The average molecular weight is 241 g/mol. The maximum Gasteiger partial charge on any atom is 0.315 e. The van der Waals surface area contributed by atoms with Crippen LogP contribution in [0.15, 0.2) is 0 Å². The van der Waals surface area contributed by atoms with Crippen molar-refractivity contribution in [3.63, 3.8) is 0 Å². The van der Waals surface area contributed by atoms with E-state index in [9.17, 15) is 4.79 Å². The number of rotatable bonds is 4. The van der Waals surface area contributed by atoms with Gasteiger partial charge >= 0.3 is 6.03 Å². The molecule has 4 atom stereocenters. The van der Waals surface area contributed by atoms with Crippen LogP contribution < -0.4 is 16.4 Å². The summed E-state index contributed by atoms with van der Waals surface area (Å²) in [6.45, 7) is 3.62. The molecule has 2 fully saturated rings. The summed E-state index contributed by atoms with van der Waals surface area (Å²) in [5, 5.41) is 5.76. The molecular weight excluding hydrogens is 218 g/mol. The molecule has 5 nitrogen and oxygen atoms in total. The van der Waals surface area contributed by atoms with E-state index in [1.54, 1.807) is 0 Å². The van der Waals surface area contributed by atoms with Crippen molar-refractivity contribution >= 4 is 6.03 Å². The average Bonchev–Trinajstić information content (AvgIpc) is 2.36. The third kappa shape index (κ3) is 2.72. The van der Waals surface area contributed by atoms with Gasteiger partial charge in [0, 0.05) is 25.1 Å². The number of nitrogens with two attached hydrogens (primary N) is 1. The zero-order valence-corrected chi connectivity index (χ0v) is 10.4. The highest BCUT2D eigenvalue weighted by molar-refractivity contribution is 5.74. The van der Waals surface area contributed by atoms with Crippen LogP contribution in [0.2, 0.25) is 0 Å². The highest BCUT2D eigenvalue weighted by Gasteiger charge is 2.51. The van der Waals surface area contributed by atoms with Crippen molar-refractivity contribution in [2.75, 3.05) is 13.2 Å². The summed E-state index contributed by atoms with van der Waals surface area (Å²) < 4.78 is 5.66. The first-order valence-corrected chi connectivity index (χ1v) is 6.65. The van der Waals surface area contributed by atoms with Gasteiger partial charge in [-0.15, -0.1) is 0 Å². The minimum atomic E-state index is -0.119. The molecule has 1 saturated heterocycles. The summed E-state index contributed by atoms with van der Waals surface area (Å²) >= 11 is 0. The van der Waals surface area contributed by atoms with Gasteiger partial charge in [0.25, 0.3) is 0 Å². The van der Waals surface area contributed by atoms with Gasteiger partial charge in [0.2, 0.25) is 0 Å². The van der Waals surface area contributed by atoms with E-state index in [2.05, 4.69) is 17.6 Å². The molecule has 1 aliphatic heterocycles. The lowest BCUT2D eigenvalue weighted by atomic mass is 9.69. The molecule has 0 radical (unpaired) electrons. The molecule has 0 aromatic carbocycles. The molecule has 1 aliphatic carbocycles. The fourth-order valence-electron chi connectivity index (χ4n) is 2.71. The Labute approximate surface area is 102 Å². The third-order valence-corrected chi connectivity index (χ3v) is 3.79. The second kappa shape index (κ2) is 5.69. The van der Waals surface area contributed by atoms with Gasteiger partial charge in [0.05, 0.1) is 12.1 Å². The fraction of sp³-hybridized carbons (Fsp3) is 0.917. The van der Waals surface area contributed by atoms with Crippen molar-refractivity contribution < 1.29 is 9.53 Å². The number of unbranched alkanes of at least 4 members (excludes halogenated alkanes) is 1. The fourth-order valence-corrected chi connectivity index (χ4v) is 2.71. The lowest BCUT2D eigenvalue weighted by Gasteiger charge is -2.52. The molecule has 4 N–H and O–H groups in total. The molecule has 5 heteroatoms. The van der Waals surface area contributed by atoms with Crippen LogP contribution in [0.1, 0.15) is 32.6 Å². The number of nitrogens with one attached hydrogen (secondary N) is 2. The van der Waals surface area contributed by atoms with Gasteiger partial charge < -0.3 is 21.1 Å². The normalized spacial score (nSPS) is 35.6. The molecule has 2 rings (SSSR count). The number of fused-ring (bicyclic) bond motifs is 1. The lowest BCUT2D eigenvalue weighted by Crippen LogP contribution is -2.72. The van der Waals surface area contributed by atoms with E-state index in [0.29, 0.717) is 5.92 Å². The maximum atomic E-state index is 11.6. The van der Waals surface area contributed by atoms with E-state index in [0.717, 1.165) is 38.8 Å². The standard InChI is InChI=1S/C12H23N3O2/c1-2-3-6-14-12(16)15-10-9(13)8-5-4-7-17-11(8)10/h8-11H,2-7,13H2,1H3,(H2,14,15,16). The molecule has 1 saturated carbocycles. The Hall–Kier alpha value is -0.810. The predicted molar refractivity (Wildman–Crippen MR) is 65.7 cm³/mol. The molecule has 0 spiro atoms. The number of amides is 2. The Balaban J connectivity index is 1.73. The minimum Gasteiger partial charge on any atom is -0.376 e. The van der Waals surface area contributed by atoms with Crippen molar-refractivity contribution in [2.24, 2.45) is 11.7 Å². The molecule has 2 amide bonds. The maximum absolute atomic E-state index is 11.6. The summed E-state index contributed by atoms with van der Waals surface area (Å²) in [6, 6.07) is -0.0781. The van der Waals surface area contributed by atoms with Gasteiger partial charge in [0.1, 0.15) is 0 Å². The molecule has 17 heavy (non-hydrogen) atoms. The Morgan fingerprint density at radius 1 is 1.53 bits per heavy atom. The van der Waals surface area contributed by atoms with Gasteiger partial charge in [0.15, 0.2) is 0 Å². The number of hydrogen-bond acceptors (Lipinski definition) is 3. The molecule has 0 bridgehead atoms. The second-order valence-corrected chi connectivity index (χ2v) is 5.00. The van der Waals surface area contributed by atoms with Crippen LogP contribution in [0.4, 0.5) is 4.79 Å². The van der Waals surface area contributed by atoms with Crippen molar-refractivity contribution in [3.05, 3.63) is 0 Å². The SMILES string of the molecule is CCCCNC(=O)NC1C(N)C2CCCOC21. The molecular formula is C12H23N3O2. The molecule has 0 aromatic heterocycles. The van der Waals surface area contributed by atoms with Gasteiger partial charge in [-0.3, -0.25) is 0 Å². The third-order valence-electron chi connectivity index (χ3n) is 3.79. The van der Waals surface area contributed by atoms with Gasteiger partial charge in [-0.05, 0) is 19.3 Å². The van der Waals surface area contributed by atoms with Crippen LogP contribution in [0, 0.1) is 5.92 Å². The number of carbonyl (C=O) groups excluding carboxylic acids is 1. The van der Waals surface area contributed by atoms with Crippen molar-refractivity contribution in [1.29, 1.82) is 0 Å². The van der Waals surface area contributed by atoms with Crippen LogP contribution in [0.3, 0.4) is 0 Å². The lowest BCUT2D eigenvalue weighted by molar-refractivity contribution is -0.116. The summed E-state index contributed by atoms with van der Waals surface area (Å²) in [5.74, 6) is 0.435. The van der Waals surface area contributed by atoms with Crippen LogP contribution >= 0.6 is 0 Å². The molecule has 98 valence electrons. The summed E-state index contributed by atoms with van der Waals surface area (Å²) in [4.78, 5) is 11.6. The molecule has 1 heterocycles. The molecule has 2 aliphatic rings. The highest BCUT2D eigenvalue weighted by atomic mass is 16.5. The Kier molecular flexibility index (Phi) is 4.23. The summed E-state index contributed by atoms with van der Waals surface area (Å²) in [7, 11) is 0. The largest absolute Gasteiger partial charge is 0.376 e. The second-order valence-electron chi connectivity index (χ2n) is 5.00. The van der Waals surface area contributed by atoms with E-state index in [1.165, 1.54) is 0 Å². The Morgan fingerprint density at radius 2 is 2.35 bits per heavy atom. The van der Waals surface area contributed by atoms with Crippen LogP contribution in [-0.2, 0) is 4.74 Å². The summed E-state index contributed by atoms with van der Waals surface area (Å²) in [5.41, 5.74) is 6.06. The van der Waals surface area contributed by atoms with Gasteiger partial charge in [-0.1, -0.05) is 13.3 Å². The van der Waals surface area contributed by atoms with Crippen molar-refractivity contribution in [2.45, 2.75) is 50.8 Å². The van der Waals surface area contributed by atoms with E-state index in [-0.39, 0.29) is 24.2 Å². The zero-order valence-electron chi connectivity index (χ0n) is 10.4. The van der Waals surface area contributed by atoms with Crippen molar-refractivity contribution in [3.8, 4) is 0 Å².